The molecule has 0 bridgehead atoms. The molecule has 0 radical (unpaired) electrons. The van der Waals surface area contributed by atoms with Gasteiger partial charge in [0.05, 0.1) is 5.56 Å². The number of rotatable bonds is 6. The number of unbranched alkanes of at least 4 members (excludes halogenated alkanes) is 1. The molecule has 0 saturated heterocycles. The Bertz CT molecular complexity index is 435. The summed E-state index contributed by atoms with van der Waals surface area (Å²) in [6.45, 7) is 6.70. The van der Waals surface area contributed by atoms with Gasteiger partial charge in [0.2, 0.25) is 0 Å². The molecule has 1 heterocycles. The minimum absolute atomic E-state index is 0.119. The number of hydrogen-bond donors (Lipinski definition) is 0. The Morgan fingerprint density at radius 1 is 1.30 bits per heavy atom. The van der Waals surface area contributed by atoms with Gasteiger partial charge in [-0.05, 0) is 31.9 Å². The maximum absolute atomic E-state index is 12.8. The van der Waals surface area contributed by atoms with E-state index in [1.54, 1.807) is 0 Å². The van der Waals surface area contributed by atoms with Crippen molar-refractivity contribution < 1.29 is 13.2 Å². The fourth-order valence-electron chi connectivity index (χ4n) is 1.90. The zero-order valence-electron chi connectivity index (χ0n) is 12.0. The van der Waals surface area contributed by atoms with E-state index in [1.165, 1.54) is 0 Å². The summed E-state index contributed by atoms with van der Waals surface area (Å²) in [7, 11) is 0. The minimum Gasteiger partial charge on any atom is -0.354 e. The average molecular weight is 309 g/mol. The highest BCUT2D eigenvalue weighted by molar-refractivity contribution is 6.29. The van der Waals surface area contributed by atoms with Crippen LogP contribution in [0.3, 0.4) is 0 Å². The first kappa shape index (κ1) is 17.1. The average Bonchev–Trinajstić information content (AvgIpc) is 2.37. The monoisotopic (exact) mass is 308 g/mol. The van der Waals surface area contributed by atoms with Crippen LogP contribution in [0.1, 0.15) is 45.6 Å². The highest BCUT2D eigenvalue weighted by atomic mass is 35.5. The lowest BCUT2D eigenvalue weighted by Crippen LogP contribution is -2.34. The number of alkyl halides is 3. The van der Waals surface area contributed by atoms with E-state index in [4.69, 9.17) is 11.6 Å². The highest BCUT2D eigenvalue weighted by Gasteiger charge is 2.32. The first-order chi connectivity index (χ1) is 9.29. The Kier molecular flexibility index (Phi) is 6.11. The molecular formula is C14H20ClF3N2. The zero-order valence-corrected chi connectivity index (χ0v) is 12.7. The molecule has 0 spiro atoms. The molecule has 114 valence electrons. The van der Waals surface area contributed by atoms with Crippen molar-refractivity contribution in [2.45, 2.75) is 52.3 Å². The van der Waals surface area contributed by atoms with E-state index >= 15 is 0 Å². The molecule has 0 N–H and O–H groups in total. The van der Waals surface area contributed by atoms with Gasteiger partial charge in [0.25, 0.3) is 0 Å². The number of halogens is 4. The third kappa shape index (κ3) is 4.54. The SMILES string of the molecule is CCCCN(c1cc(C(F)(F)F)cc(Cl)n1)C(C)CC. The Morgan fingerprint density at radius 3 is 2.45 bits per heavy atom. The summed E-state index contributed by atoms with van der Waals surface area (Å²) >= 11 is 5.74. The van der Waals surface area contributed by atoms with Gasteiger partial charge in [-0.15, -0.1) is 0 Å². The lowest BCUT2D eigenvalue weighted by Gasteiger charge is -2.30. The molecule has 1 aromatic heterocycles. The van der Waals surface area contributed by atoms with Crippen LogP contribution in [0.4, 0.5) is 19.0 Å². The quantitative estimate of drug-likeness (QED) is 0.675. The van der Waals surface area contributed by atoms with Crippen molar-refractivity contribution in [1.82, 2.24) is 4.98 Å². The van der Waals surface area contributed by atoms with Crippen LogP contribution in [0.5, 0.6) is 0 Å². The van der Waals surface area contributed by atoms with Crippen molar-refractivity contribution in [3.63, 3.8) is 0 Å². The van der Waals surface area contributed by atoms with Crippen molar-refractivity contribution in [2.75, 3.05) is 11.4 Å². The first-order valence-corrected chi connectivity index (χ1v) is 7.18. The van der Waals surface area contributed by atoms with Gasteiger partial charge in [-0.2, -0.15) is 13.2 Å². The van der Waals surface area contributed by atoms with Gasteiger partial charge < -0.3 is 4.90 Å². The van der Waals surface area contributed by atoms with Crippen LogP contribution in [-0.2, 0) is 6.18 Å². The Balaban J connectivity index is 3.15. The van der Waals surface area contributed by atoms with Crippen LogP contribution in [0.15, 0.2) is 12.1 Å². The predicted octanol–water partition coefficient (Wildman–Crippen LogP) is 5.16. The van der Waals surface area contributed by atoms with E-state index < -0.39 is 11.7 Å². The van der Waals surface area contributed by atoms with E-state index in [-0.39, 0.29) is 11.2 Å². The summed E-state index contributed by atoms with van der Waals surface area (Å²) in [5.74, 6) is 0.299. The molecule has 0 aliphatic carbocycles. The summed E-state index contributed by atoms with van der Waals surface area (Å²) in [5, 5.41) is -0.125. The molecule has 0 aromatic carbocycles. The Morgan fingerprint density at radius 2 is 1.95 bits per heavy atom. The molecule has 1 unspecified atom stereocenters. The third-order valence-corrected chi connectivity index (χ3v) is 3.47. The molecule has 0 aliphatic heterocycles. The van der Waals surface area contributed by atoms with E-state index in [1.807, 2.05) is 25.7 Å². The van der Waals surface area contributed by atoms with Crippen molar-refractivity contribution in [3.8, 4) is 0 Å². The Labute approximate surface area is 122 Å². The van der Waals surface area contributed by atoms with Crippen LogP contribution >= 0.6 is 11.6 Å². The molecule has 1 atom stereocenters. The summed E-state index contributed by atoms with van der Waals surface area (Å²) in [5.41, 5.74) is -0.752. The third-order valence-electron chi connectivity index (χ3n) is 3.28. The Hall–Kier alpha value is -0.970. The predicted molar refractivity (Wildman–Crippen MR) is 76.3 cm³/mol. The summed E-state index contributed by atoms with van der Waals surface area (Å²) < 4.78 is 38.5. The van der Waals surface area contributed by atoms with Gasteiger partial charge in [-0.1, -0.05) is 31.9 Å². The van der Waals surface area contributed by atoms with Crippen molar-refractivity contribution in [2.24, 2.45) is 0 Å². The standard InChI is InChI=1S/C14H20ClF3N2/c1-4-6-7-20(10(3)5-2)13-9-11(14(16,17)18)8-12(15)19-13/h8-10H,4-7H2,1-3H3. The normalized spacial score (nSPS) is 13.3. The molecule has 0 saturated carbocycles. The largest absolute Gasteiger partial charge is 0.416 e. The lowest BCUT2D eigenvalue weighted by atomic mass is 10.1. The van der Waals surface area contributed by atoms with Crippen LogP contribution in [0.2, 0.25) is 5.15 Å². The number of nitrogens with zero attached hydrogens (tertiary/aromatic N) is 2. The molecule has 1 rings (SSSR count). The first-order valence-electron chi connectivity index (χ1n) is 6.81. The van der Waals surface area contributed by atoms with Crippen molar-refractivity contribution in [1.29, 1.82) is 0 Å². The van der Waals surface area contributed by atoms with E-state index in [9.17, 15) is 13.2 Å². The number of hydrogen-bond acceptors (Lipinski definition) is 2. The fraction of sp³-hybridized carbons (Fsp3) is 0.643. The second-order valence-corrected chi connectivity index (χ2v) is 5.23. The maximum atomic E-state index is 12.8. The highest BCUT2D eigenvalue weighted by Crippen LogP contribution is 2.33. The molecule has 0 fully saturated rings. The van der Waals surface area contributed by atoms with Gasteiger partial charge >= 0.3 is 6.18 Å². The molecule has 0 amide bonds. The second kappa shape index (κ2) is 7.16. The molecular weight excluding hydrogens is 289 g/mol. The van der Waals surface area contributed by atoms with Crippen LogP contribution in [0.25, 0.3) is 0 Å². The van der Waals surface area contributed by atoms with E-state index in [0.717, 1.165) is 31.4 Å². The van der Waals surface area contributed by atoms with Gasteiger partial charge in [0, 0.05) is 12.6 Å². The van der Waals surface area contributed by atoms with Crippen molar-refractivity contribution in [3.05, 3.63) is 22.8 Å². The second-order valence-electron chi connectivity index (χ2n) is 4.84. The maximum Gasteiger partial charge on any atom is 0.416 e. The van der Waals surface area contributed by atoms with Gasteiger partial charge in [-0.25, -0.2) is 4.98 Å². The molecule has 2 nitrogen and oxygen atoms in total. The topological polar surface area (TPSA) is 16.1 Å². The van der Waals surface area contributed by atoms with Crippen LogP contribution in [-0.4, -0.2) is 17.6 Å². The molecule has 0 aliphatic rings. The zero-order chi connectivity index (χ0) is 15.3. The number of pyridine rings is 1. The lowest BCUT2D eigenvalue weighted by molar-refractivity contribution is -0.137. The van der Waals surface area contributed by atoms with Gasteiger partial charge in [-0.3, -0.25) is 0 Å². The van der Waals surface area contributed by atoms with E-state index in [0.29, 0.717) is 12.4 Å². The minimum atomic E-state index is -4.41. The van der Waals surface area contributed by atoms with Crippen molar-refractivity contribution >= 4 is 17.4 Å². The van der Waals surface area contributed by atoms with Gasteiger partial charge in [0.15, 0.2) is 0 Å². The summed E-state index contributed by atoms with van der Waals surface area (Å²) in [6, 6.07) is 2.06. The van der Waals surface area contributed by atoms with E-state index in [2.05, 4.69) is 4.98 Å². The summed E-state index contributed by atoms with van der Waals surface area (Å²) in [4.78, 5) is 5.95. The number of anilines is 1. The summed E-state index contributed by atoms with van der Waals surface area (Å²) in [6.07, 6.45) is -1.70. The fourth-order valence-corrected chi connectivity index (χ4v) is 2.11. The smallest absolute Gasteiger partial charge is 0.354 e. The molecule has 6 heteroatoms. The van der Waals surface area contributed by atoms with Crippen LogP contribution in [0, 0.1) is 0 Å². The molecule has 20 heavy (non-hydrogen) atoms. The number of aromatic nitrogens is 1. The molecule has 1 aromatic rings. The van der Waals surface area contributed by atoms with Gasteiger partial charge in [0.1, 0.15) is 11.0 Å². The van der Waals surface area contributed by atoms with Crippen LogP contribution < -0.4 is 4.90 Å².